The normalized spacial score (nSPS) is 13.5. The predicted octanol–water partition coefficient (Wildman–Crippen LogP) is 2.55. The van der Waals surface area contributed by atoms with Crippen molar-refractivity contribution in [2.45, 2.75) is 32.8 Å². The lowest BCUT2D eigenvalue weighted by Gasteiger charge is -2.11. The van der Waals surface area contributed by atoms with Gasteiger partial charge in [-0.3, -0.25) is 0 Å². The van der Waals surface area contributed by atoms with Crippen LogP contribution < -0.4 is 0 Å². The van der Waals surface area contributed by atoms with Crippen molar-refractivity contribution in [3.8, 4) is 0 Å². The Morgan fingerprint density at radius 1 is 1.40 bits per heavy atom. The van der Waals surface area contributed by atoms with Gasteiger partial charge >= 0.3 is 0 Å². The van der Waals surface area contributed by atoms with Crippen LogP contribution >= 0.6 is 11.8 Å². The monoisotopic (exact) mass is 162 g/mol. The standard InChI is InChI=1S/C8H18OS/c1-4-6-10-7-8(5-2)9-3/h8H,4-7H2,1-3H3. The third-order valence-electron chi connectivity index (χ3n) is 1.44. The summed E-state index contributed by atoms with van der Waals surface area (Å²) in [6.45, 7) is 4.38. The summed E-state index contributed by atoms with van der Waals surface area (Å²) in [5, 5.41) is 0. The van der Waals surface area contributed by atoms with Gasteiger partial charge in [-0.1, -0.05) is 13.8 Å². The summed E-state index contributed by atoms with van der Waals surface area (Å²) >= 11 is 1.99. The van der Waals surface area contributed by atoms with Crippen LogP contribution in [0.3, 0.4) is 0 Å². The first kappa shape index (κ1) is 10.3. The molecule has 0 saturated carbocycles. The molecule has 2 heteroatoms. The average Bonchev–Trinajstić information content (AvgIpc) is 1.99. The number of methoxy groups -OCH3 is 1. The van der Waals surface area contributed by atoms with Gasteiger partial charge in [0.1, 0.15) is 0 Å². The highest BCUT2D eigenvalue weighted by atomic mass is 32.2. The van der Waals surface area contributed by atoms with Gasteiger partial charge in [-0.05, 0) is 18.6 Å². The molecule has 1 nitrogen and oxygen atoms in total. The zero-order valence-corrected chi connectivity index (χ0v) is 8.04. The second kappa shape index (κ2) is 7.42. The molecule has 0 aliphatic heterocycles. The van der Waals surface area contributed by atoms with E-state index >= 15 is 0 Å². The molecule has 0 bridgehead atoms. The van der Waals surface area contributed by atoms with Crippen molar-refractivity contribution in [3.05, 3.63) is 0 Å². The van der Waals surface area contributed by atoms with E-state index in [1.807, 2.05) is 11.8 Å². The van der Waals surface area contributed by atoms with Gasteiger partial charge in [0.25, 0.3) is 0 Å². The van der Waals surface area contributed by atoms with Crippen LogP contribution in [0.2, 0.25) is 0 Å². The highest BCUT2D eigenvalue weighted by Crippen LogP contribution is 2.08. The third-order valence-corrected chi connectivity index (χ3v) is 2.75. The van der Waals surface area contributed by atoms with Crippen molar-refractivity contribution < 1.29 is 4.74 Å². The van der Waals surface area contributed by atoms with Gasteiger partial charge in [-0.2, -0.15) is 11.8 Å². The Bertz CT molecular complexity index is 62.3. The van der Waals surface area contributed by atoms with Gasteiger partial charge in [-0.25, -0.2) is 0 Å². The average molecular weight is 162 g/mol. The van der Waals surface area contributed by atoms with E-state index in [9.17, 15) is 0 Å². The summed E-state index contributed by atoms with van der Waals surface area (Å²) in [7, 11) is 1.79. The molecule has 1 atom stereocenters. The van der Waals surface area contributed by atoms with Crippen LogP contribution in [0, 0.1) is 0 Å². The van der Waals surface area contributed by atoms with E-state index in [1.54, 1.807) is 7.11 Å². The molecule has 0 saturated heterocycles. The molecule has 0 radical (unpaired) electrons. The molecule has 0 N–H and O–H groups in total. The minimum absolute atomic E-state index is 0.469. The first-order valence-electron chi connectivity index (χ1n) is 3.95. The van der Waals surface area contributed by atoms with Crippen LogP contribution in [-0.4, -0.2) is 24.7 Å². The van der Waals surface area contributed by atoms with Crippen LogP contribution in [-0.2, 0) is 4.74 Å². The van der Waals surface area contributed by atoms with E-state index in [1.165, 1.54) is 12.2 Å². The van der Waals surface area contributed by atoms with E-state index in [4.69, 9.17) is 4.74 Å². The molecule has 10 heavy (non-hydrogen) atoms. The van der Waals surface area contributed by atoms with Gasteiger partial charge in [0.15, 0.2) is 0 Å². The molecule has 0 aromatic rings. The summed E-state index contributed by atoms with van der Waals surface area (Å²) in [5.41, 5.74) is 0. The van der Waals surface area contributed by atoms with Gasteiger partial charge in [-0.15, -0.1) is 0 Å². The lowest BCUT2D eigenvalue weighted by atomic mass is 10.3. The fourth-order valence-corrected chi connectivity index (χ4v) is 1.80. The van der Waals surface area contributed by atoms with E-state index < -0.39 is 0 Å². The number of thioether (sulfide) groups is 1. The zero-order chi connectivity index (χ0) is 7.82. The number of hydrogen-bond acceptors (Lipinski definition) is 2. The minimum atomic E-state index is 0.469. The third kappa shape index (κ3) is 5.12. The Labute approximate surface area is 68.5 Å². The smallest absolute Gasteiger partial charge is 0.0659 e. The summed E-state index contributed by atoms with van der Waals surface area (Å²) in [4.78, 5) is 0. The first-order valence-corrected chi connectivity index (χ1v) is 5.11. The van der Waals surface area contributed by atoms with Crippen LogP contribution in [0.25, 0.3) is 0 Å². The highest BCUT2D eigenvalue weighted by molar-refractivity contribution is 7.99. The Hall–Kier alpha value is 0.310. The van der Waals surface area contributed by atoms with Gasteiger partial charge in [0, 0.05) is 12.9 Å². The lowest BCUT2D eigenvalue weighted by molar-refractivity contribution is 0.119. The van der Waals surface area contributed by atoms with Crippen molar-refractivity contribution in [2.24, 2.45) is 0 Å². The Kier molecular flexibility index (Phi) is 7.65. The summed E-state index contributed by atoms with van der Waals surface area (Å²) in [6.07, 6.45) is 2.87. The minimum Gasteiger partial charge on any atom is -0.381 e. The topological polar surface area (TPSA) is 9.23 Å². The maximum absolute atomic E-state index is 5.23. The van der Waals surface area contributed by atoms with Crippen molar-refractivity contribution in [1.82, 2.24) is 0 Å². The SMILES string of the molecule is CCCSCC(CC)OC. The second-order valence-corrected chi connectivity index (χ2v) is 3.49. The lowest BCUT2D eigenvalue weighted by Crippen LogP contribution is -2.11. The zero-order valence-electron chi connectivity index (χ0n) is 7.22. The van der Waals surface area contributed by atoms with Crippen LogP contribution in [0.15, 0.2) is 0 Å². The van der Waals surface area contributed by atoms with Gasteiger partial charge < -0.3 is 4.74 Å². The fourth-order valence-electron chi connectivity index (χ4n) is 0.712. The fraction of sp³-hybridized carbons (Fsp3) is 1.00. The van der Waals surface area contributed by atoms with Crippen LogP contribution in [0.4, 0.5) is 0 Å². The van der Waals surface area contributed by atoms with E-state index in [0.717, 1.165) is 12.2 Å². The van der Waals surface area contributed by atoms with E-state index in [0.29, 0.717) is 6.10 Å². The Morgan fingerprint density at radius 3 is 2.50 bits per heavy atom. The molecule has 0 aromatic carbocycles. The Balaban J connectivity index is 3.09. The molecule has 0 aliphatic rings. The Morgan fingerprint density at radius 2 is 2.10 bits per heavy atom. The highest BCUT2D eigenvalue weighted by Gasteiger charge is 2.01. The first-order chi connectivity index (χ1) is 4.85. The van der Waals surface area contributed by atoms with Gasteiger partial charge in [0.05, 0.1) is 6.10 Å². The molecule has 0 fully saturated rings. The maximum Gasteiger partial charge on any atom is 0.0659 e. The molecule has 0 rings (SSSR count). The maximum atomic E-state index is 5.23. The molecular formula is C8H18OS. The number of ether oxygens (including phenoxy) is 1. The van der Waals surface area contributed by atoms with Crippen molar-refractivity contribution in [3.63, 3.8) is 0 Å². The molecule has 0 aromatic heterocycles. The molecule has 1 unspecified atom stereocenters. The molecule has 0 heterocycles. The van der Waals surface area contributed by atoms with Crippen molar-refractivity contribution in [2.75, 3.05) is 18.6 Å². The van der Waals surface area contributed by atoms with Crippen molar-refractivity contribution >= 4 is 11.8 Å². The largest absolute Gasteiger partial charge is 0.381 e. The van der Waals surface area contributed by atoms with E-state index in [2.05, 4.69) is 13.8 Å². The number of hydrogen-bond donors (Lipinski definition) is 0. The van der Waals surface area contributed by atoms with Gasteiger partial charge in [0.2, 0.25) is 0 Å². The van der Waals surface area contributed by atoms with Crippen LogP contribution in [0.1, 0.15) is 26.7 Å². The molecule has 62 valence electrons. The molecule has 0 spiro atoms. The second-order valence-electron chi connectivity index (χ2n) is 2.34. The molecule has 0 amide bonds. The molecular weight excluding hydrogens is 144 g/mol. The summed E-state index contributed by atoms with van der Waals surface area (Å²) < 4.78 is 5.23. The summed E-state index contributed by atoms with van der Waals surface area (Å²) in [6, 6.07) is 0. The molecule has 0 aliphatic carbocycles. The number of rotatable bonds is 6. The van der Waals surface area contributed by atoms with E-state index in [-0.39, 0.29) is 0 Å². The predicted molar refractivity (Wildman–Crippen MR) is 48.7 cm³/mol. The quantitative estimate of drug-likeness (QED) is 0.555. The van der Waals surface area contributed by atoms with Crippen molar-refractivity contribution in [1.29, 1.82) is 0 Å². The van der Waals surface area contributed by atoms with Crippen LogP contribution in [0.5, 0.6) is 0 Å². The summed E-state index contributed by atoms with van der Waals surface area (Å²) in [5.74, 6) is 2.42.